The minimum Gasteiger partial charge on any atom is -0.501 e. The van der Waals surface area contributed by atoms with Crippen molar-refractivity contribution < 1.29 is 14.7 Å². The van der Waals surface area contributed by atoms with Crippen molar-refractivity contribution >= 4 is 22.7 Å². The summed E-state index contributed by atoms with van der Waals surface area (Å²) < 4.78 is 3.14. The molecule has 3 N–H and O–H groups in total. The molecule has 0 atom stereocenters. The van der Waals surface area contributed by atoms with E-state index < -0.39 is 23.0 Å². The van der Waals surface area contributed by atoms with Crippen LogP contribution < -0.4 is 11.3 Å². The summed E-state index contributed by atoms with van der Waals surface area (Å²) in [6.07, 6.45) is 3.01. The first-order valence-corrected chi connectivity index (χ1v) is 9.48. The van der Waals surface area contributed by atoms with E-state index in [1.54, 1.807) is 25.1 Å². The number of nitrogens with zero attached hydrogens (tertiary/aromatic N) is 4. The van der Waals surface area contributed by atoms with Crippen molar-refractivity contribution in [1.82, 2.24) is 19.1 Å². The molecule has 1 aliphatic rings. The molecular weight excluding hydrogens is 374 g/mol. The van der Waals surface area contributed by atoms with Crippen molar-refractivity contribution in [3.8, 4) is 17.4 Å². The Balaban J connectivity index is 2.04. The third-order valence-electron chi connectivity index (χ3n) is 5.47. The number of primary amides is 1. The minimum absolute atomic E-state index is 0.105. The highest BCUT2D eigenvalue weighted by molar-refractivity contribution is 5.97. The lowest BCUT2D eigenvalue weighted by Crippen LogP contribution is -2.25. The summed E-state index contributed by atoms with van der Waals surface area (Å²) in [7, 11) is 1.48. The lowest BCUT2D eigenvalue weighted by atomic mass is 9.92. The van der Waals surface area contributed by atoms with Crippen molar-refractivity contribution in [2.45, 2.75) is 38.6 Å². The zero-order chi connectivity index (χ0) is 20.9. The van der Waals surface area contributed by atoms with Gasteiger partial charge in [0.2, 0.25) is 11.7 Å². The maximum atomic E-state index is 12.5. The number of carbonyl (C=O) groups is 2. The normalized spacial score (nSPS) is 14.1. The zero-order valence-electron chi connectivity index (χ0n) is 16.2. The molecule has 3 aromatic rings. The van der Waals surface area contributed by atoms with Crippen LogP contribution in [0.5, 0.6) is 5.75 Å². The number of rotatable bonds is 5. The Kier molecular flexibility index (Phi) is 4.45. The van der Waals surface area contributed by atoms with Crippen molar-refractivity contribution in [2.75, 3.05) is 0 Å². The van der Waals surface area contributed by atoms with Crippen molar-refractivity contribution in [2.24, 2.45) is 12.8 Å². The second-order valence-corrected chi connectivity index (χ2v) is 7.23. The fraction of sp³-hybridized carbons (Fsp3) is 0.350. The average Bonchev–Trinajstić information content (AvgIpc) is 3.02. The number of hydrogen-bond acceptors (Lipinski definition) is 6. The van der Waals surface area contributed by atoms with E-state index in [-0.39, 0.29) is 24.0 Å². The third-order valence-corrected chi connectivity index (χ3v) is 5.47. The van der Waals surface area contributed by atoms with E-state index in [1.807, 2.05) is 4.57 Å². The number of carbonyl (C=O) groups excluding carboxylic acids is 2. The predicted octanol–water partition coefficient (Wildman–Crippen LogP) is 1.92. The number of imidazole rings is 1. The van der Waals surface area contributed by atoms with Gasteiger partial charge in [-0.1, -0.05) is 6.92 Å². The number of amides is 1. The molecule has 1 saturated carbocycles. The Morgan fingerprint density at radius 1 is 1.24 bits per heavy atom. The van der Waals surface area contributed by atoms with Gasteiger partial charge in [0.15, 0.2) is 23.1 Å². The van der Waals surface area contributed by atoms with Crippen LogP contribution in [0.2, 0.25) is 0 Å². The number of Topliss-reactive ketones (excluding diaryl/α,β-unsaturated/α-hetero) is 1. The third kappa shape index (κ3) is 2.89. The Labute approximate surface area is 165 Å². The number of benzene rings is 1. The van der Waals surface area contributed by atoms with Crippen LogP contribution in [0.25, 0.3) is 22.7 Å². The Morgan fingerprint density at radius 3 is 2.55 bits per heavy atom. The molecule has 0 saturated heterocycles. The van der Waals surface area contributed by atoms with Gasteiger partial charge in [0.05, 0.1) is 11.0 Å². The molecule has 0 aliphatic heterocycles. The SMILES string of the molecule is CCC(=O)c1nc(-c2nc3ccc(C(N)=O)cc3n2C2CCC2)n(C)c(=O)c1O. The molecule has 150 valence electrons. The van der Waals surface area contributed by atoms with E-state index in [0.29, 0.717) is 22.4 Å². The topological polar surface area (TPSA) is 133 Å². The average molecular weight is 395 g/mol. The second kappa shape index (κ2) is 6.84. The fourth-order valence-corrected chi connectivity index (χ4v) is 3.57. The number of aromatic nitrogens is 4. The number of ketones is 1. The molecular formula is C20H21N5O4. The zero-order valence-corrected chi connectivity index (χ0v) is 16.2. The molecule has 1 amide bonds. The Hall–Kier alpha value is -3.49. The van der Waals surface area contributed by atoms with Gasteiger partial charge in [-0.05, 0) is 37.5 Å². The number of hydrogen-bond donors (Lipinski definition) is 2. The summed E-state index contributed by atoms with van der Waals surface area (Å²) in [5.74, 6) is -1.03. The first kappa shape index (κ1) is 18.9. The van der Waals surface area contributed by atoms with Crippen LogP contribution in [0.3, 0.4) is 0 Å². The molecule has 29 heavy (non-hydrogen) atoms. The summed E-state index contributed by atoms with van der Waals surface area (Å²) in [6.45, 7) is 1.63. The van der Waals surface area contributed by atoms with E-state index in [0.717, 1.165) is 19.3 Å². The largest absolute Gasteiger partial charge is 0.501 e. The highest BCUT2D eigenvalue weighted by Gasteiger charge is 2.29. The maximum Gasteiger partial charge on any atom is 0.296 e. The quantitative estimate of drug-likeness (QED) is 0.634. The molecule has 1 aliphatic carbocycles. The van der Waals surface area contributed by atoms with Crippen LogP contribution >= 0.6 is 0 Å². The van der Waals surface area contributed by atoms with Gasteiger partial charge < -0.3 is 15.4 Å². The Bertz CT molecular complexity index is 1220. The number of aromatic hydroxyl groups is 1. The van der Waals surface area contributed by atoms with E-state index in [4.69, 9.17) is 5.73 Å². The first-order chi connectivity index (χ1) is 13.8. The van der Waals surface area contributed by atoms with Crippen LogP contribution in [0.4, 0.5) is 0 Å². The summed E-state index contributed by atoms with van der Waals surface area (Å²) in [5.41, 5.74) is 6.17. The summed E-state index contributed by atoms with van der Waals surface area (Å²) in [6, 6.07) is 5.12. The smallest absolute Gasteiger partial charge is 0.296 e. The molecule has 0 spiro atoms. The predicted molar refractivity (Wildman–Crippen MR) is 106 cm³/mol. The van der Waals surface area contributed by atoms with E-state index >= 15 is 0 Å². The van der Waals surface area contributed by atoms with Gasteiger partial charge >= 0.3 is 0 Å². The molecule has 9 heteroatoms. The summed E-state index contributed by atoms with van der Waals surface area (Å²) >= 11 is 0. The highest BCUT2D eigenvalue weighted by Crippen LogP contribution is 2.38. The molecule has 9 nitrogen and oxygen atoms in total. The van der Waals surface area contributed by atoms with Crippen molar-refractivity contribution in [1.29, 1.82) is 0 Å². The van der Waals surface area contributed by atoms with E-state index in [1.165, 1.54) is 11.6 Å². The van der Waals surface area contributed by atoms with Crippen LogP contribution in [0, 0.1) is 0 Å². The van der Waals surface area contributed by atoms with Gasteiger partial charge in [0, 0.05) is 25.1 Å². The maximum absolute atomic E-state index is 12.5. The molecule has 4 rings (SSSR count). The lowest BCUT2D eigenvalue weighted by molar-refractivity contribution is 0.0977. The fourth-order valence-electron chi connectivity index (χ4n) is 3.57. The van der Waals surface area contributed by atoms with Gasteiger partial charge in [-0.2, -0.15) is 0 Å². The second-order valence-electron chi connectivity index (χ2n) is 7.23. The van der Waals surface area contributed by atoms with Gasteiger partial charge in [-0.25, -0.2) is 9.97 Å². The standard InChI is InChI=1S/C20H21N5O4/c1-3-14(26)15-16(27)20(29)24(2)18(23-15)19-22-12-8-7-10(17(21)28)9-13(12)25(19)11-5-4-6-11/h7-9,11,27H,3-6H2,1-2H3,(H2,21,28). The van der Waals surface area contributed by atoms with Gasteiger partial charge in [-0.15, -0.1) is 0 Å². The minimum atomic E-state index is -0.711. The van der Waals surface area contributed by atoms with Crippen LogP contribution in [0.15, 0.2) is 23.0 Å². The number of fused-ring (bicyclic) bond motifs is 1. The van der Waals surface area contributed by atoms with Crippen molar-refractivity contribution in [3.63, 3.8) is 0 Å². The molecule has 0 unspecified atom stereocenters. The van der Waals surface area contributed by atoms with E-state index in [9.17, 15) is 19.5 Å². The van der Waals surface area contributed by atoms with Crippen LogP contribution in [-0.2, 0) is 7.05 Å². The van der Waals surface area contributed by atoms with Gasteiger partial charge in [0.25, 0.3) is 5.56 Å². The monoisotopic (exact) mass is 395 g/mol. The van der Waals surface area contributed by atoms with E-state index in [2.05, 4.69) is 9.97 Å². The molecule has 2 heterocycles. The molecule has 2 aromatic heterocycles. The first-order valence-electron chi connectivity index (χ1n) is 9.48. The van der Waals surface area contributed by atoms with Crippen molar-refractivity contribution in [3.05, 3.63) is 39.8 Å². The molecule has 1 fully saturated rings. The summed E-state index contributed by atoms with van der Waals surface area (Å²) in [5, 5.41) is 10.1. The summed E-state index contributed by atoms with van der Waals surface area (Å²) in [4.78, 5) is 45.4. The molecule has 0 radical (unpaired) electrons. The highest BCUT2D eigenvalue weighted by atomic mass is 16.3. The van der Waals surface area contributed by atoms with Gasteiger partial charge in [-0.3, -0.25) is 19.0 Å². The molecule has 1 aromatic carbocycles. The lowest BCUT2D eigenvalue weighted by Gasteiger charge is -2.29. The molecule has 0 bridgehead atoms. The van der Waals surface area contributed by atoms with Crippen LogP contribution in [-0.4, -0.2) is 35.9 Å². The van der Waals surface area contributed by atoms with Crippen LogP contribution in [0.1, 0.15) is 59.5 Å². The van der Waals surface area contributed by atoms with Gasteiger partial charge in [0.1, 0.15) is 0 Å². The Morgan fingerprint density at radius 2 is 1.97 bits per heavy atom. The number of nitrogens with two attached hydrogens (primary N) is 1.